The lowest BCUT2D eigenvalue weighted by Gasteiger charge is -2.00. The molecule has 4 aromatic rings. The van der Waals surface area contributed by atoms with Crippen LogP contribution in [0.5, 0.6) is 0 Å². The number of H-pyrrole nitrogens is 1. The van der Waals surface area contributed by atoms with Gasteiger partial charge in [-0.2, -0.15) is 0 Å². The predicted molar refractivity (Wildman–Crippen MR) is 97.3 cm³/mol. The number of para-hydroxylation sites is 3. The van der Waals surface area contributed by atoms with Crippen molar-refractivity contribution in [3.63, 3.8) is 0 Å². The number of nitrogens with one attached hydrogen (secondary N) is 2. The molecule has 0 bridgehead atoms. The molecule has 24 heavy (non-hydrogen) atoms. The van der Waals surface area contributed by atoms with E-state index >= 15 is 0 Å². The minimum Gasteiger partial charge on any atom is -0.324 e. The summed E-state index contributed by atoms with van der Waals surface area (Å²) in [6, 6.07) is 15.8. The molecule has 2 N–H and O–H groups in total. The lowest BCUT2D eigenvalue weighted by atomic mass is 10.2. The van der Waals surface area contributed by atoms with E-state index in [0.717, 1.165) is 34.4 Å². The second-order valence-corrected chi connectivity index (χ2v) is 6.69. The van der Waals surface area contributed by atoms with Crippen molar-refractivity contribution in [2.75, 3.05) is 5.32 Å². The molecule has 6 heteroatoms. The van der Waals surface area contributed by atoms with E-state index in [4.69, 9.17) is 0 Å². The smallest absolute Gasteiger partial charge is 0.226 e. The molecule has 0 fully saturated rings. The van der Waals surface area contributed by atoms with Crippen molar-refractivity contribution in [1.82, 2.24) is 15.0 Å². The molecular weight excluding hydrogens is 320 g/mol. The molecule has 0 aliphatic heterocycles. The minimum atomic E-state index is -0.0323. The summed E-state index contributed by atoms with van der Waals surface area (Å²) in [5.41, 5.74) is 2.80. The Morgan fingerprint density at radius 2 is 1.83 bits per heavy atom. The molecule has 0 radical (unpaired) electrons. The zero-order chi connectivity index (χ0) is 16.4. The number of hydrogen-bond acceptors (Lipinski definition) is 4. The second-order valence-electron chi connectivity index (χ2n) is 5.58. The molecule has 5 nitrogen and oxygen atoms in total. The number of fused-ring (bicyclic) bond motifs is 2. The molecule has 120 valence electrons. The second kappa shape index (κ2) is 6.41. The molecular formula is C18H16N4OS. The van der Waals surface area contributed by atoms with Gasteiger partial charge >= 0.3 is 0 Å². The Hall–Kier alpha value is -2.73. The number of carbonyl (C=O) groups excluding carboxylic acids is 1. The number of thiazole rings is 1. The van der Waals surface area contributed by atoms with Crippen molar-refractivity contribution in [1.29, 1.82) is 0 Å². The minimum absolute atomic E-state index is 0.0323. The van der Waals surface area contributed by atoms with Crippen LogP contribution in [0.15, 0.2) is 48.5 Å². The first-order valence-corrected chi connectivity index (χ1v) is 8.69. The van der Waals surface area contributed by atoms with Crippen LogP contribution in [-0.4, -0.2) is 20.9 Å². The topological polar surface area (TPSA) is 70.7 Å². The van der Waals surface area contributed by atoms with Gasteiger partial charge in [0, 0.05) is 6.42 Å². The molecule has 0 spiro atoms. The van der Waals surface area contributed by atoms with E-state index < -0.39 is 0 Å². The highest BCUT2D eigenvalue weighted by atomic mass is 32.1. The van der Waals surface area contributed by atoms with Gasteiger partial charge in [-0.15, -0.1) is 11.3 Å². The average Bonchev–Trinajstić information content (AvgIpc) is 3.17. The van der Waals surface area contributed by atoms with Crippen molar-refractivity contribution in [2.45, 2.75) is 19.3 Å². The Labute approximate surface area is 142 Å². The maximum Gasteiger partial charge on any atom is 0.226 e. The van der Waals surface area contributed by atoms with E-state index in [9.17, 15) is 4.79 Å². The SMILES string of the molecule is O=C(CCCc1nc2ccccc2s1)Nc1nc2ccccc2[nH]1. The standard InChI is InChI=1S/C18H16N4OS/c23-16(22-18-20-12-6-1-2-7-13(12)21-18)10-5-11-17-19-14-8-3-4-9-15(14)24-17/h1-4,6-9H,5,10-11H2,(H2,20,21,22,23). The molecule has 0 aliphatic rings. The third-order valence-electron chi connectivity index (χ3n) is 3.78. The fraction of sp³-hybridized carbons (Fsp3) is 0.167. The van der Waals surface area contributed by atoms with Crippen LogP contribution < -0.4 is 5.32 Å². The van der Waals surface area contributed by atoms with Gasteiger partial charge < -0.3 is 4.98 Å². The van der Waals surface area contributed by atoms with Crippen LogP contribution in [0.3, 0.4) is 0 Å². The average molecular weight is 336 g/mol. The van der Waals surface area contributed by atoms with Crippen LogP contribution in [0.25, 0.3) is 21.3 Å². The number of rotatable bonds is 5. The number of carbonyl (C=O) groups is 1. The Balaban J connectivity index is 1.33. The van der Waals surface area contributed by atoms with Crippen LogP contribution >= 0.6 is 11.3 Å². The zero-order valence-electron chi connectivity index (χ0n) is 13.0. The maximum atomic E-state index is 12.1. The number of aromatic amines is 1. The summed E-state index contributed by atoms with van der Waals surface area (Å²) in [7, 11) is 0. The summed E-state index contributed by atoms with van der Waals surface area (Å²) in [6.45, 7) is 0. The first kappa shape index (κ1) is 14.8. The molecule has 2 heterocycles. The fourth-order valence-electron chi connectivity index (χ4n) is 2.63. The van der Waals surface area contributed by atoms with Crippen LogP contribution in [0.2, 0.25) is 0 Å². The molecule has 0 saturated carbocycles. The van der Waals surface area contributed by atoms with E-state index in [1.54, 1.807) is 11.3 Å². The van der Waals surface area contributed by atoms with Gasteiger partial charge in [0.1, 0.15) is 0 Å². The Bertz CT molecular complexity index is 938. The number of hydrogen-bond donors (Lipinski definition) is 2. The van der Waals surface area contributed by atoms with E-state index in [-0.39, 0.29) is 5.91 Å². The summed E-state index contributed by atoms with van der Waals surface area (Å²) in [5, 5.41) is 3.90. The van der Waals surface area contributed by atoms with Crippen LogP contribution in [0, 0.1) is 0 Å². The number of nitrogens with zero attached hydrogens (tertiary/aromatic N) is 2. The number of imidazole rings is 1. The van der Waals surface area contributed by atoms with Crippen molar-refractivity contribution in [3.05, 3.63) is 53.5 Å². The summed E-state index contributed by atoms with van der Waals surface area (Å²) in [4.78, 5) is 24.1. The van der Waals surface area contributed by atoms with E-state index in [1.807, 2.05) is 42.5 Å². The van der Waals surface area contributed by atoms with Gasteiger partial charge in [0.25, 0.3) is 0 Å². The Morgan fingerprint density at radius 1 is 1.04 bits per heavy atom. The van der Waals surface area contributed by atoms with Crippen LogP contribution in [0.1, 0.15) is 17.8 Å². The summed E-state index contributed by atoms with van der Waals surface area (Å²) in [5.74, 6) is 0.469. The van der Waals surface area contributed by atoms with Crippen molar-refractivity contribution in [3.8, 4) is 0 Å². The largest absolute Gasteiger partial charge is 0.324 e. The molecule has 4 rings (SSSR count). The quantitative estimate of drug-likeness (QED) is 0.575. The van der Waals surface area contributed by atoms with Crippen molar-refractivity contribution < 1.29 is 4.79 Å². The molecule has 0 atom stereocenters. The van der Waals surface area contributed by atoms with Gasteiger partial charge in [-0.25, -0.2) is 9.97 Å². The highest BCUT2D eigenvalue weighted by molar-refractivity contribution is 7.18. The molecule has 0 unspecified atom stereocenters. The van der Waals surface area contributed by atoms with Gasteiger partial charge in [0.2, 0.25) is 11.9 Å². The predicted octanol–water partition coefficient (Wildman–Crippen LogP) is 4.13. The van der Waals surface area contributed by atoms with Crippen molar-refractivity contribution >= 4 is 44.4 Å². The number of aromatic nitrogens is 3. The molecule has 2 aromatic heterocycles. The highest BCUT2D eigenvalue weighted by Crippen LogP contribution is 2.22. The summed E-state index contributed by atoms with van der Waals surface area (Å²) >= 11 is 1.69. The fourth-order valence-corrected chi connectivity index (χ4v) is 3.64. The van der Waals surface area contributed by atoms with Gasteiger partial charge in [0.05, 0.1) is 26.3 Å². The lowest BCUT2D eigenvalue weighted by molar-refractivity contribution is -0.116. The zero-order valence-corrected chi connectivity index (χ0v) is 13.8. The number of anilines is 1. The molecule has 0 saturated heterocycles. The highest BCUT2D eigenvalue weighted by Gasteiger charge is 2.08. The van der Waals surface area contributed by atoms with E-state index in [0.29, 0.717) is 12.4 Å². The summed E-state index contributed by atoms with van der Waals surface area (Å²) in [6.07, 6.45) is 2.03. The Morgan fingerprint density at radius 3 is 2.67 bits per heavy atom. The molecule has 1 amide bonds. The number of benzene rings is 2. The maximum absolute atomic E-state index is 12.1. The summed E-state index contributed by atoms with van der Waals surface area (Å²) < 4.78 is 1.19. The third-order valence-corrected chi connectivity index (χ3v) is 4.88. The number of aryl methyl sites for hydroxylation is 1. The first-order chi connectivity index (χ1) is 11.8. The lowest BCUT2D eigenvalue weighted by Crippen LogP contribution is -2.12. The monoisotopic (exact) mass is 336 g/mol. The van der Waals surface area contributed by atoms with Gasteiger partial charge in [-0.3, -0.25) is 10.1 Å². The number of amides is 1. The normalized spacial score (nSPS) is 11.2. The van der Waals surface area contributed by atoms with E-state index in [1.165, 1.54) is 4.70 Å². The van der Waals surface area contributed by atoms with Gasteiger partial charge in [0.15, 0.2) is 0 Å². The van der Waals surface area contributed by atoms with E-state index in [2.05, 4.69) is 26.3 Å². The van der Waals surface area contributed by atoms with Crippen LogP contribution in [0.4, 0.5) is 5.95 Å². The molecule has 2 aromatic carbocycles. The van der Waals surface area contributed by atoms with Crippen molar-refractivity contribution in [2.24, 2.45) is 0 Å². The molecule has 0 aliphatic carbocycles. The third kappa shape index (κ3) is 3.14. The van der Waals surface area contributed by atoms with Gasteiger partial charge in [-0.05, 0) is 37.1 Å². The van der Waals surface area contributed by atoms with Gasteiger partial charge in [-0.1, -0.05) is 24.3 Å². The van der Waals surface area contributed by atoms with Crippen LogP contribution in [-0.2, 0) is 11.2 Å². The Kier molecular flexibility index (Phi) is 3.96. The first-order valence-electron chi connectivity index (χ1n) is 7.87.